The molecule has 6 nitrogen and oxygen atoms in total. The van der Waals surface area contributed by atoms with Gasteiger partial charge in [-0.25, -0.2) is 0 Å². The summed E-state index contributed by atoms with van der Waals surface area (Å²) in [6.45, 7) is 0.771. The molecule has 0 bridgehead atoms. The third kappa shape index (κ3) is 4.59. The molecular formula is C26H29NO5. The van der Waals surface area contributed by atoms with Crippen LogP contribution in [-0.4, -0.2) is 38.7 Å². The van der Waals surface area contributed by atoms with Crippen molar-refractivity contribution in [2.75, 3.05) is 27.9 Å². The van der Waals surface area contributed by atoms with Crippen molar-refractivity contribution < 1.29 is 23.4 Å². The van der Waals surface area contributed by atoms with E-state index in [1.165, 1.54) is 0 Å². The number of methoxy groups -OCH3 is 3. The van der Waals surface area contributed by atoms with Crippen LogP contribution in [0.3, 0.4) is 0 Å². The molecular weight excluding hydrogens is 406 g/mol. The van der Waals surface area contributed by atoms with Crippen molar-refractivity contribution in [3.63, 3.8) is 0 Å². The van der Waals surface area contributed by atoms with Crippen LogP contribution in [0.1, 0.15) is 36.6 Å². The zero-order valence-corrected chi connectivity index (χ0v) is 18.8. The molecule has 4 rings (SSSR count). The van der Waals surface area contributed by atoms with E-state index in [0.29, 0.717) is 24.3 Å². The SMILES string of the molecule is COc1ccc(-c2ccc(CCC(=O)N3CCC[C@H]3c3ccc(OC)c(OC)c3)o2)cc1. The molecule has 3 aromatic rings. The lowest BCUT2D eigenvalue weighted by molar-refractivity contribution is -0.132. The summed E-state index contributed by atoms with van der Waals surface area (Å²) in [5.74, 6) is 3.93. The number of benzene rings is 2. The van der Waals surface area contributed by atoms with Crippen LogP contribution in [0.25, 0.3) is 11.3 Å². The highest BCUT2D eigenvalue weighted by Crippen LogP contribution is 2.37. The van der Waals surface area contributed by atoms with Crippen molar-refractivity contribution in [1.29, 1.82) is 0 Å². The van der Waals surface area contributed by atoms with Crippen molar-refractivity contribution in [3.05, 3.63) is 65.9 Å². The molecule has 1 aliphatic heterocycles. The van der Waals surface area contributed by atoms with Crippen molar-refractivity contribution in [3.8, 4) is 28.6 Å². The number of aryl methyl sites for hydroxylation is 1. The summed E-state index contributed by atoms with van der Waals surface area (Å²) in [6, 6.07) is 17.6. The fraction of sp³-hybridized carbons (Fsp3) is 0.346. The van der Waals surface area contributed by atoms with E-state index in [1.807, 2.05) is 59.5 Å². The van der Waals surface area contributed by atoms with Crippen LogP contribution in [-0.2, 0) is 11.2 Å². The highest BCUT2D eigenvalue weighted by molar-refractivity contribution is 5.77. The fourth-order valence-corrected chi connectivity index (χ4v) is 4.27. The Morgan fingerprint density at radius 2 is 1.75 bits per heavy atom. The van der Waals surface area contributed by atoms with E-state index in [1.54, 1.807) is 21.3 Å². The van der Waals surface area contributed by atoms with Gasteiger partial charge < -0.3 is 23.5 Å². The topological polar surface area (TPSA) is 61.1 Å². The summed E-state index contributed by atoms with van der Waals surface area (Å²) < 4.78 is 22.0. The van der Waals surface area contributed by atoms with Crippen molar-refractivity contribution in [2.24, 2.45) is 0 Å². The normalized spacial score (nSPS) is 15.6. The minimum absolute atomic E-state index is 0.0637. The minimum Gasteiger partial charge on any atom is -0.497 e. The highest BCUT2D eigenvalue weighted by atomic mass is 16.5. The number of furan rings is 1. The van der Waals surface area contributed by atoms with E-state index in [0.717, 1.165) is 47.8 Å². The highest BCUT2D eigenvalue weighted by Gasteiger charge is 2.30. The fourth-order valence-electron chi connectivity index (χ4n) is 4.27. The molecule has 1 amide bonds. The Labute approximate surface area is 188 Å². The van der Waals surface area contributed by atoms with Crippen molar-refractivity contribution in [1.82, 2.24) is 4.90 Å². The standard InChI is InChI=1S/C26H29NO5/c1-29-20-9-6-18(7-10-20)23-14-11-21(32-23)12-15-26(28)27-16-4-5-22(27)19-8-13-24(30-2)25(17-19)31-3/h6-11,13-14,17,22H,4-5,12,15-16H2,1-3H3/t22-/m0/s1. The maximum atomic E-state index is 13.0. The Hall–Kier alpha value is -3.41. The molecule has 0 unspecified atom stereocenters. The predicted molar refractivity (Wildman–Crippen MR) is 122 cm³/mol. The maximum absolute atomic E-state index is 13.0. The van der Waals surface area contributed by atoms with E-state index >= 15 is 0 Å². The van der Waals surface area contributed by atoms with Crippen molar-refractivity contribution in [2.45, 2.75) is 31.7 Å². The first-order chi connectivity index (χ1) is 15.6. The number of rotatable bonds is 8. The number of nitrogens with zero attached hydrogens (tertiary/aromatic N) is 1. The van der Waals surface area contributed by atoms with Gasteiger partial charge in [-0.15, -0.1) is 0 Å². The van der Waals surface area contributed by atoms with Gasteiger partial charge in [-0.2, -0.15) is 0 Å². The predicted octanol–water partition coefficient (Wildman–Crippen LogP) is 5.27. The van der Waals surface area contributed by atoms with Gasteiger partial charge in [-0.3, -0.25) is 4.79 Å². The van der Waals surface area contributed by atoms with Gasteiger partial charge in [-0.05, 0) is 66.9 Å². The lowest BCUT2D eigenvalue weighted by Gasteiger charge is -2.25. The van der Waals surface area contributed by atoms with Gasteiger partial charge >= 0.3 is 0 Å². The van der Waals surface area contributed by atoms with Crippen LogP contribution >= 0.6 is 0 Å². The van der Waals surface area contributed by atoms with Crippen molar-refractivity contribution >= 4 is 5.91 Å². The molecule has 1 atom stereocenters. The molecule has 0 N–H and O–H groups in total. The summed E-state index contributed by atoms with van der Waals surface area (Å²) in [6.07, 6.45) is 2.93. The smallest absolute Gasteiger partial charge is 0.223 e. The zero-order chi connectivity index (χ0) is 22.5. The van der Waals surface area contributed by atoms with Gasteiger partial charge in [0.1, 0.15) is 17.3 Å². The number of likely N-dealkylation sites (tertiary alicyclic amines) is 1. The Morgan fingerprint density at radius 3 is 2.47 bits per heavy atom. The Bertz CT molecular complexity index is 1060. The number of hydrogen-bond acceptors (Lipinski definition) is 5. The van der Waals surface area contributed by atoms with Crippen LogP contribution in [0.4, 0.5) is 0 Å². The largest absolute Gasteiger partial charge is 0.497 e. The molecule has 1 fully saturated rings. The Morgan fingerprint density at radius 1 is 0.969 bits per heavy atom. The third-order valence-corrected chi connectivity index (χ3v) is 5.99. The first kappa shape index (κ1) is 21.8. The van der Waals surface area contributed by atoms with E-state index in [-0.39, 0.29) is 11.9 Å². The van der Waals surface area contributed by atoms with E-state index in [9.17, 15) is 4.79 Å². The molecule has 0 spiro atoms. The number of carbonyl (C=O) groups is 1. The average molecular weight is 436 g/mol. The average Bonchev–Trinajstić information content (AvgIpc) is 3.52. The molecule has 168 valence electrons. The van der Waals surface area contributed by atoms with E-state index < -0.39 is 0 Å². The zero-order valence-electron chi connectivity index (χ0n) is 18.8. The van der Waals surface area contributed by atoms with Crippen LogP contribution in [0, 0.1) is 0 Å². The Balaban J connectivity index is 1.40. The molecule has 0 aliphatic carbocycles. The summed E-state index contributed by atoms with van der Waals surface area (Å²) in [7, 11) is 4.90. The second-order valence-electron chi connectivity index (χ2n) is 7.85. The number of amides is 1. The molecule has 2 aromatic carbocycles. The second kappa shape index (κ2) is 9.81. The van der Waals surface area contributed by atoms with Gasteiger partial charge in [-0.1, -0.05) is 6.07 Å². The van der Waals surface area contributed by atoms with Crippen LogP contribution in [0.2, 0.25) is 0 Å². The molecule has 1 saturated heterocycles. The first-order valence-electron chi connectivity index (χ1n) is 10.9. The maximum Gasteiger partial charge on any atom is 0.223 e. The minimum atomic E-state index is 0.0637. The van der Waals surface area contributed by atoms with Gasteiger partial charge in [0, 0.05) is 24.9 Å². The molecule has 2 heterocycles. The number of carbonyl (C=O) groups excluding carboxylic acids is 1. The summed E-state index contributed by atoms with van der Waals surface area (Å²) in [5, 5.41) is 0. The summed E-state index contributed by atoms with van der Waals surface area (Å²) in [4.78, 5) is 15.0. The molecule has 6 heteroatoms. The molecule has 1 aromatic heterocycles. The van der Waals surface area contributed by atoms with Gasteiger partial charge in [0.05, 0.1) is 27.4 Å². The number of ether oxygens (including phenoxy) is 3. The Kier molecular flexibility index (Phi) is 6.69. The summed E-state index contributed by atoms with van der Waals surface area (Å²) >= 11 is 0. The molecule has 0 radical (unpaired) electrons. The monoisotopic (exact) mass is 435 g/mol. The van der Waals surface area contributed by atoms with Crippen LogP contribution in [0.5, 0.6) is 17.2 Å². The van der Waals surface area contributed by atoms with Gasteiger partial charge in [0.2, 0.25) is 5.91 Å². The van der Waals surface area contributed by atoms with E-state index in [2.05, 4.69) is 0 Å². The van der Waals surface area contributed by atoms with Crippen LogP contribution < -0.4 is 14.2 Å². The van der Waals surface area contributed by atoms with Crippen LogP contribution in [0.15, 0.2) is 59.0 Å². The van der Waals surface area contributed by atoms with E-state index in [4.69, 9.17) is 18.6 Å². The third-order valence-electron chi connectivity index (χ3n) is 5.99. The number of hydrogen-bond donors (Lipinski definition) is 0. The molecule has 0 saturated carbocycles. The van der Waals surface area contributed by atoms with Gasteiger partial charge in [0.25, 0.3) is 0 Å². The quantitative estimate of drug-likeness (QED) is 0.482. The lowest BCUT2D eigenvalue weighted by Crippen LogP contribution is -2.30. The summed E-state index contributed by atoms with van der Waals surface area (Å²) in [5.41, 5.74) is 2.06. The van der Waals surface area contributed by atoms with Gasteiger partial charge in [0.15, 0.2) is 11.5 Å². The molecule has 1 aliphatic rings. The lowest BCUT2D eigenvalue weighted by atomic mass is 10.0. The second-order valence-corrected chi connectivity index (χ2v) is 7.85. The molecule has 32 heavy (non-hydrogen) atoms. The first-order valence-corrected chi connectivity index (χ1v) is 10.9.